The number of aryl methyl sites for hydroxylation is 1. The zero-order valence-electron chi connectivity index (χ0n) is 10.6. The molecule has 96 valence electrons. The molecule has 1 heterocycles. The summed E-state index contributed by atoms with van der Waals surface area (Å²) in [6, 6.07) is 12.4. The number of hydrogen-bond donors (Lipinski definition) is 1. The van der Waals surface area contributed by atoms with E-state index in [2.05, 4.69) is 5.32 Å². The number of nitrogens with one attached hydrogen (secondary N) is 1. The molecule has 2 aromatic carbocycles. The molecular weight excluding hydrogens is 241 g/mol. The maximum atomic E-state index is 13.7. The van der Waals surface area contributed by atoms with Crippen molar-refractivity contribution < 1.29 is 9.18 Å². The number of fused-ring (bicyclic) bond motifs is 1. The standard InChI is InChI=1S/C16H14FNO/c1-10-5-4-7-12-13(16(19)18-15(10)12)9-11-6-2-3-8-14(11)17/h2-8,13H,9H2,1H3,(H,18,19)/t13-/m1/s1. The number of benzene rings is 2. The molecule has 0 radical (unpaired) electrons. The van der Waals surface area contributed by atoms with E-state index in [0.29, 0.717) is 12.0 Å². The van der Waals surface area contributed by atoms with Crippen molar-refractivity contribution in [2.24, 2.45) is 0 Å². The third kappa shape index (κ3) is 2.01. The number of anilines is 1. The Balaban J connectivity index is 1.97. The molecule has 3 rings (SSSR count). The summed E-state index contributed by atoms with van der Waals surface area (Å²) in [6.45, 7) is 1.96. The van der Waals surface area contributed by atoms with Crippen LogP contribution in [0.3, 0.4) is 0 Å². The molecular formula is C16H14FNO. The van der Waals surface area contributed by atoms with E-state index in [1.807, 2.05) is 25.1 Å². The number of rotatable bonds is 2. The van der Waals surface area contributed by atoms with Gasteiger partial charge >= 0.3 is 0 Å². The van der Waals surface area contributed by atoms with Crippen molar-refractivity contribution in [3.8, 4) is 0 Å². The second kappa shape index (κ2) is 4.50. The van der Waals surface area contributed by atoms with Gasteiger partial charge in [0.05, 0.1) is 5.92 Å². The Hall–Kier alpha value is -2.16. The average molecular weight is 255 g/mol. The van der Waals surface area contributed by atoms with E-state index in [4.69, 9.17) is 0 Å². The molecule has 1 atom stereocenters. The van der Waals surface area contributed by atoms with Crippen LogP contribution in [-0.2, 0) is 11.2 Å². The highest BCUT2D eigenvalue weighted by Crippen LogP contribution is 2.36. The van der Waals surface area contributed by atoms with Gasteiger partial charge in [0.1, 0.15) is 5.82 Å². The fourth-order valence-corrected chi connectivity index (χ4v) is 2.59. The summed E-state index contributed by atoms with van der Waals surface area (Å²) in [5, 5.41) is 2.89. The Kier molecular flexibility index (Phi) is 2.82. The lowest BCUT2D eigenvalue weighted by Gasteiger charge is -2.10. The Bertz CT molecular complexity index is 651. The van der Waals surface area contributed by atoms with Crippen LogP contribution in [0.2, 0.25) is 0 Å². The molecule has 1 aliphatic heterocycles. The third-order valence-electron chi connectivity index (χ3n) is 3.63. The molecule has 1 amide bonds. The van der Waals surface area contributed by atoms with Gasteiger partial charge in [-0.15, -0.1) is 0 Å². The van der Waals surface area contributed by atoms with Gasteiger partial charge in [0.15, 0.2) is 0 Å². The van der Waals surface area contributed by atoms with Crippen LogP contribution in [0, 0.1) is 12.7 Å². The lowest BCUT2D eigenvalue weighted by Crippen LogP contribution is -2.14. The smallest absolute Gasteiger partial charge is 0.232 e. The minimum absolute atomic E-state index is 0.0486. The maximum absolute atomic E-state index is 13.7. The second-order valence-electron chi connectivity index (χ2n) is 4.88. The van der Waals surface area contributed by atoms with E-state index >= 15 is 0 Å². The first-order valence-electron chi connectivity index (χ1n) is 6.30. The topological polar surface area (TPSA) is 29.1 Å². The van der Waals surface area contributed by atoms with Gasteiger partial charge in [-0.2, -0.15) is 0 Å². The van der Waals surface area contributed by atoms with Crippen LogP contribution in [0.1, 0.15) is 22.6 Å². The minimum Gasteiger partial charge on any atom is -0.325 e. The van der Waals surface area contributed by atoms with Gasteiger partial charge in [0.2, 0.25) is 5.91 Å². The highest BCUT2D eigenvalue weighted by molar-refractivity contribution is 6.03. The van der Waals surface area contributed by atoms with E-state index in [9.17, 15) is 9.18 Å². The minimum atomic E-state index is -0.299. The normalized spacial score (nSPS) is 17.2. The largest absolute Gasteiger partial charge is 0.325 e. The molecule has 2 aromatic rings. The molecule has 0 aromatic heterocycles. The number of hydrogen-bond acceptors (Lipinski definition) is 1. The summed E-state index contributed by atoms with van der Waals surface area (Å²) >= 11 is 0. The van der Waals surface area contributed by atoms with Crippen molar-refractivity contribution in [1.29, 1.82) is 0 Å². The van der Waals surface area contributed by atoms with Gasteiger partial charge < -0.3 is 5.32 Å². The van der Waals surface area contributed by atoms with Crippen LogP contribution in [-0.4, -0.2) is 5.91 Å². The first-order valence-corrected chi connectivity index (χ1v) is 6.30. The van der Waals surface area contributed by atoms with E-state index < -0.39 is 0 Å². The van der Waals surface area contributed by atoms with Crippen molar-refractivity contribution in [2.45, 2.75) is 19.3 Å². The van der Waals surface area contributed by atoms with E-state index in [0.717, 1.165) is 16.8 Å². The van der Waals surface area contributed by atoms with Gasteiger partial charge in [-0.05, 0) is 36.1 Å². The summed E-state index contributed by atoms with van der Waals surface area (Å²) in [5.74, 6) is -0.601. The van der Waals surface area contributed by atoms with Crippen molar-refractivity contribution in [1.82, 2.24) is 0 Å². The van der Waals surface area contributed by atoms with Crippen molar-refractivity contribution in [2.75, 3.05) is 5.32 Å². The first-order chi connectivity index (χ1) is 9.16. The number of carbonyl (C=O) groups is 1. The molecule has 19 heavy (non-hydrogen) atoms. The molecule has 3 heteroatoms. The van der Waals surface area contributed by atoms with Crippen LogP contribution in [0.25, 0.3) is 0 Å². The number of amides is 1. The highest BCUT2D eigenvalue weighted by atomic mass is 19.1. The molecule has 0 saturated carbocycles. The van der Waals surface area contributed by atoms with Crippen molar-refractivity contribution in [3.05, 3.63) is 65.0 Å². The lowest BCUT2D eigenvalue weighted by molar-refractivity contribution is -0.117. The fourth-order valence-electron chi connectivity index (χ4n) is 2.59. The third-order valence-corrected chi connectivity index (χ3v) is 3.63. The van der Waals surface area contributed by atoms with E-state index in [-0.39, 0.29) is 17.6 Å². The molecule has 1 N–H and O–H groups in total. The lowest BCUT2D eigenvalue weighted by atomic mass is 9.92. The Morgan fingerprint density at radius 2 is 1.95 bits per heavy atom. The molecule has 2 nitrogen and oxygen atoms in total. The van der Waals surface area contributed by atoms with Crippen molar-refractivity contribution in [3.63, 3.8) is 0 Å². The monoisotopic (exact) mass is 255 g/mol. The van der Waals surface area contributed by atoms with Crippen LogP contribution in [0.15, 0.2) is 42.5 Å². The molecule has 0 spiro atoms. The predicted molar refractivity (Wildman–Crippen MR) is 72.7 cm³/mol. The van der Waals surface area contributed by atoms with Crippen LogP contribution < -0.4 is 5.32 Å². The Morgan fingerprint density at radius 3 is 2.74 bits per heavy atom. The molecule has 0 saturated heterocycles. The van der Waals surface area contributed by atoms with Crippen LogP contribution in [0.4, 0.5) is 10.1 Å². The molecule has 1 aliphatic rings. The first kappa shape index (κ1) is 11.9. The maximum Gasteiger partial charge on any atom is 0.232 e. The van der Waals surface area contributed by atoms with Gasteiger partial charge in [-0.25, -0.2) is 4.39 Å². The van der Waals surface area contributed by atoms with Gasteiger partial charge in [-0.3, -0.25) is 4.79 Å². The van der Waals surface area contributed by atoms with Crippen molar-refractivity contribution >= 4 is 11.6 Å². The SMILES string of the molecule is Cc1cccc2c1NC(=O)[C@@H]2Cc1ccccc1F. The fraction of sp³-hybridized carbons (Fsp3) is 0.188. The number of carbonyl (C=O) groups excluding carboxylic acids is 1. The van der Waals surface area contributed by atoms with Gasteiger partial charge in [-0.1, -0.05) is 36.4 Å². The molecule has 0 fully saturated rings. The van der Waals surface area contributed by atoms with Crippen LogP contribution >= 0.6 is 0 Å². The Morgan fingerprint density at radius 1 is 1.16 bits per heavy atom. The van der Waals surface area contributed by atoms with E-state index in [1.54, 1.807) is 18.2 Å². The summed E-state index contributed by atoms with van der Waals surface area (Å²) in [4.78, 5) is 12.1. The van der Waals surface area contributed by atoms with Gasteiger partial charge in [0.25, 0.3) is 0 Å². The van der Waals surface area contributed by atoms with Gasteiger partial charge in [0, 0.05) is 5.69 Å². The summed E-state index contributed by atoms with van der Waals surface area (Å²) < 4.78 is 13.7. The Labute approximate surface area is 111 Å². The average Bonchev–Trinajstić information content (AvgIpc) is 2.71. The number of halogens is 1. The zero-order chi connectivity index (χ0) is 13.4. The summed E-state index contributed by atoms with van der Waals surface area (Å²) in [6.07, 6.45) is 0.398. The van der Waals surface area contributed by atoms with Crippen LogP contribution in [0.5, 0.6) is 0 Å². The predicted octanol–water partition coefficient (Wildman–Crippen LogP) is 3.41. The summed E-state index contributed by atoms with van der Waals surface area (Å²) in [5.41, 5.74) is 3.47. The van der Waals surface area contributed by atoms with E-state index in [1.165, 1.54) is 6.07 Å². The molecule has 0 unspecified atom stereocenters. The zero-order valence-corrected chi connectivity index (χ0v) is 10.6. The summed E-state index contributed by atoms with van der Waals surface area (Å²) in [7, 11) is 0. The number of para-hydroxylation sites is 1. The highest BCUT2D eigenvalue weighted by Gasteiger charge is 2.31. The quantitative estimate of drug-likeness (QED) is 0.875. The molecule has 0 bridgehead atoms. The second-order valence-corrected chi connectivity index (χ2v) is 4.88. The molecule has 0 aliphatic carbocycles.